The van der Waals surface area contributed by atoms with E-state index in [1.807, 2.05) is 6.92 Å². The summed E-state index contributed by atoms with van der Waals surface area (Å²) < 4.78 is 1.72. The number of nitrogens with one attached hydrogen (secondary N) is 1. The average Bonchev–Trinajstić information content (AvgIpc) is 2.77. The Bertz CT molecular complexity index is 537. The van der Waals surface area contributed by atoms with Crippen molar-refractivity contribution in [2.45, 2.75) is 13.5 Å². The van der Waals surface area contributed by atoms with Crippen LogP contribution >= 0.6 is 0 Å². The molecule has 0 fully saturated rings. The molecule has 0 spiro atoms. The van der Waals surface area contributed by atoms with Crippen molar-refractivity contribution < 1.29 is 4.92 Å². The first-order valence-electron chi connectivity index (χ1n) is 5.09. The second-order valence-electron chi connectivity index (χ2n) is 3.34. The Balaban J connectivity index is 2.26. The van der Waals surface area contributed by atoms with Crippen molar-refractivity contribution in [3.05, 3.63) is 40.8 Å². The molecule has 88 valence electrons. The number of rotatable bonds is 4. The van der Waals surface area contributed by atoms with Crippen molar-refractivity contribution in [1.29, 1.82) is 0 Å². The molecule has 2 aromatic heterocycles. The van der Waals surface area contributed by atoms with Crippen molar-refractivity contribution in [2.24, 2.45) is 0 Å². The highest BCUT2D eigenvalue weighted by atomic mass is 16.6. The van der Waals surface area contributed by atoms with Crippen molar-refractivity contribution in [3.8, 4) is 0 Å². The third-order valence-corrected chi connectivity index (χ3v) is 2.20. The second kappa shape index (κ2) is 4.60. The topological polar surface area (TPSA) is 85.9 Å². The first-order valence-corrected chi connectivity index (χ1v) is 5.09. The number of nitro groups is 1. The fourth-order valence-corrected chi connectivity index (χ4v) is 1.38. The Hall–Kier alpha value is -2.44. The van der Waals surface area contributed by atoms with Gasteiger partial charge in [-0.25, -0.2) is 4.98 Å². The number of hydrogen-bond acceptors (Lipinski definition) is 5. The van der Waals surface area contributed by atoms with E-state index in [2.05, 4.69) is 15.4 Å². The van der Waals surface area contributed by atoms with E-state index in [1.54, 1.807) is 17.1 Å². The highest BCUT2D eigenvalue weighted by molar-refractivity contribution is 5.63. The van der Waals surface area contributed by atoms with Crippen LogP contribution in [-0.4, -0.2) is 19.7 Å². The molecule has 7 heteroatoms. The van der Waals surface area contributed by atoms with Crippen LogP contribution in [0, 0.1) is 10.1 Å². The number of pyridine rings is 1. The van der Waals surface area contributed by atoms with Crippen molar-refractivity contribution in [2.75, 3.05) is 5.32 Å². The summed E-state index contributed by atoms with van der Waals surface area (Å²) >= 11 is 0. The third kappa shape index (κ3) is 2.39. The lowest BCUT2D eigenvalue weighted by molar-refractivity contribution is -0.384. The summed E-state index contributed by atoms with van der Waals surface area (Å²) in [6.07, 6.45) is 4.86. The van der Waals surface area contributed by atoms with Gasteiger partial charge in [0.1, 0.15) is 0 Å². The summed E-state index contributed by atoms with van der Waals surface area (Å²) in [4.78, 5) is 14.2. The lowest BCUT2D eigenvalue weighted by Crippen LogP contribution is -1.98. The fourth-order valence-electron chi connectivity index (χ4n) is 1.38. The van der Waals surface area contributed by atoms with E-state index in [1.165, 1.54) is 18.3 Å². The molecule has 2 rings (SSSR count). The maximum atomic E-state index is 10.8. The fraction of sp³-hybridized carbons (Fsp3) is 0.200. The number of aromatic nitrogens is 3. The van der Waals surface area contributed by atoms with Crippen LogP contribution in [0.25, 0.3) is 0 Å². The van der Waals surface area contributed by atoms with Crippen LogP contribution < -0.4 is 5.32 Å². The zero-order valence-electron chi connectivity index (χ0n) is 9.20. The highest BCUT2D eigenvalue weighted by Gasteiger charge is 2.14. The minimum Gasteiger partial charge on any atom is -0.332 e. The molecule has 0 aromatic carbocycles. The maximum Gasteiger partial charge on any atom is 0.311 e. The largest absolute Gasteiger partial charge is 0.332 e. The lowest BCUT2D eigenvalue weighted by atomic mass is 10.4. The highest BCUT2D eigenvalue weighted by Crippen LogP contribution is 2.23. The molecule has 0 bridgehead atoms. The number of nitrogens with zero attached hydrogens (tertiary/aromatic N) is 4. The van der Waals surface area contributed by atoms with Crippen LogP contribution in [0.5, 0.6) is 0 Å². The molecule has 0 atom stereocenters. The van der Waals surface area contributed by atoms with Crippen LogP contribution in [0.4, 0.5) is 17.2 Å². The smallest absolute Gasteiger partial charge is 0.311 e. The SMILES string of the molecule is CCn1cc(Nc2ncccc2[N+](=O)[O-])cn1. The normalized spacial score (nSPS) is 10.2. The molecule has 0 unspecified atom stereocenters. The maximum absolute atomic E-state index is 10.8. The van der Waals surface area contributed by atoms with Gasteiger partial charge < -0.3 is 5.32 Å². The first-order chi connectivity index (χ1) is 8.20. The number of anilines is 2. The summed E-state index contributed by atoms with van der Waals surface area (Å²) in [5.74, 6) is 0.216. The average molecular weight is 233 g/mol. The third-order valence-electron chi connectivity index (χ3n) is 2.20. The molecular weight excluding hydrogens is 222 g/mol. The number of aryl methyl sites for hydroxylation is 1. The van der Waals surface area contributed by atoms with Crippen LogP contribution in [0.1, 0.15) is 6.92 Å². The van der Waals surface area contributed by atoms with E-state index in [0.29, 0.717) is 5.69 Å². The zero-order chi connectivity index (χ0) is 12.3. The Labute approximate surface area is 97.2 Å². The Morgan fingerprint density at radius 2 is 2.41 bits per heavy atom. The molecule has 0 saturated heterocycles. The standard InChI is InChI=1S/C10H11N5O2/c1-2-14-7-8(6-12-14)13-10-9(15(16)17)4-3-5-11-10/h3-7H,2H2,1H3,(H,11,13). The Morgan fingerprint density at radius 1 is 1.59 bits per heavy atom. The molecule has 0 aliphatic carbocycles. The van der Waals surface area contributed by atoms with Crippen LogP contribution in [-0.2, 0) is 6.54 Å². The first kappa shape index (κ1) is 11.1. The van der Waals surface area contributed by atoms with Crippen molar-refractivity contribution in [1.82, 2.24) is 14.8 Å². The van der Waals surface area contributed by atoms with Gasteiger partial charge in [-0.3, -0.25) is 14.8 Å². The molecule has 0 aliphatic rings. The lowest BCUT2D eigenvalue weighted by Gasteiger charge is -2.02. The van der Waals surface area contributed by atoms with Gasteiger partial charge in [0.05, 0.1) is 16.8 Å². The van der Waals surface area contributed by atoms with Gasteiger partial charge in [-0.1, -0.05) is 0 Å². The second-order valence-corrected chi connectivity index (χ2v) is 3.34. The van der Waals surface area contributed by atoms with Gasteiger partial charge in [-0.2, -0.15) is 5.10 Å². The summed E-state index contributed by atoms with van der Waals surface area (Å²) in [6.45, 7) is 2.70. The van der Waals surface area contributed by atoms with Crippen LogP contribution in [0.3, 0.4) is 0 Å². The van der Waals surface area contributed by atoms with Crippen LogP contribution in [0.2, 0.25) is 0 Å². The summed E-state index contributed by atoms with van der Waals surface area (Å²) in [7, 11) is 0. The van der Waals surface area contributed by atoms with Gasteiger partial charge in [0.15, 0.2) is 0 Å². The molecule has 0 saturated carbocycles. The molecule has 0 radical (unpaired) electrons. The van der Waals surface area contributed by atoms with Gasteiger partial charge in [0, 0.05) is 25.0 Å². The molecule has 0 amide bonds. The van der Waals surface area contributed by atoms with Gasteiger partial charge in [-0.15, -0.1) is 0 Å². The van der Waals surface area contributed by atoms with Crippen LogP contribution in [0.15, 0.2) is 30.7 Å². The summed E-state index contributed by atoms with van der Waals surface area (Å²) in [5, 5.41) is 17.7. The molecular formula is C10H11N5O2. The van der Waals surface area contributed by atoms with E-state index >= 15 is 0 Å². The van der Waals surface area contributed by atoms with E-state index in [4.69, 9.17) is 0 Å². The molecule has 2 heterocycles. The monoisotopic (exact) mass is 233 g/mol. The molecule has 2 aromatic rings. The molecule has 17 heavy (non-hydrogen) atoms. The van der Waals surface area contributed by atoms with Crippen molar-refractivity contribution >= 4 is 17.2 Å². The van der Waals surface area contributed by atoms with E-state index < -0.39 is 4.92 Å². The molecule has 1 N–H and O–H groups in total. The van der Waals surface area contributed by atoms with Crippen molar-refractivity contribution in [3.63, 3.8) is 0 Å². The van der Waals surface area contributed by atoms with Gasteiger partial charge >= 0.3 is 5.69 Å². The number of hydrogen-bond donors (Lipinski definition) is 1. The summed E-state index contributed by atoms with van der Waals surface area (Å²) in [6, 6.07) is 2.93. The van der Waals surface area contributed by atoms with E-state index in [9.17, 15) is 10.1 Å². The van der Waals surface area contributed by atoms with Gasteiger partial charge in [0.25, 0.3) is 0 Å². The minimum absolute atomic E-state index is 0.0586. The predicted octanol–water partition coefficient (Wildman–Crippen LogP) is 1.95. The van der Waals surface area contributed by atoms with Gasteiger partial charge in [-0.05, 0) is 13.0 Å². The molecule has 0 aliphatic heterocycles. The van der Waals surface area contributed by atoms with Gasteiger partial charge in [0.2, 0.25) is 5.82 Å². The molecule has 7 nitrogen and oxygen atoms in total. The minimum atomic E-state index is -0.473. The Kier molecular flexibility index (Phi) is 2.99. The summed E-state index contributed by atoms with van der Waals surface area (Å²) in [5.41, 5.74) is 0.616. The quantitative estimate of drug-likeness (QED) is 0.644. The van der Waals surface area contributed by atoms with E-state index in [0.717, 1.165) is 6.54 Å². The zero-order valence-corrected chi connectivity index (χ0v) is 9.20. The Morgan fingerprint density at radius 3 is 3.06 bits per heavy atom. The van der Waals surface area contributed by atoms with E-state index in [-0.39, 0.29) is 11.5 Å². The predicted molar refractivity (Wildman–Crippen MR) is 62.1 cm³/mol.